The fourth-order valence-electron chi connectivity index (χ4n) is 1.76. The second-order valence-electron chi connectivity index (χ2n) is 4.53. The van der Waals surface area contributed by atoms with Gasteiger partial charge in [0.05, 0.1) is 4.99 Å². The highest BCUT2D eigenvalue weighted by atomic mass is 32.2. The van der Waals surface area contributed by atoms with Gasteiger partial charge in [-0.05, 0) is 18.4 Å². The number of ketones is 1. The van der Waals surface area contributed by atoms with Crippen LogP contribution in [-0.2, 0) is 4.79 Å². The summed E-state index contributed by atoms with van der Waals surface area (Å²) in [6.45, 7) is 0. The van der Waals surface area contributed by atoms with E-state index in [0.717, 1.165) is 5.75 Å². The number of thioether (sulfide) groups is 1. The second-order valence-corrected chi connectivity index (χ2v) is 6.01. The predicted molar refractivity (Wildman–Crippen MR) is 90.2 cm³/mol. The molecule has 114 valence electrons. The molecule has 0 heterocycles. The number of carbonyl (C=O) groups excluding carboxylic acids is 1. The van der Waals surface area contributed by atoms with Crippen LogP contribution in [0.3, 0.4) is 0 Å². The van der Waals surface area contributed by atoms with E-state index in [-0.39, 0.29) is 12.2 Å². The maximum atomic E-state index is 11.9. The zero-order valence-electron chi connectivity index (χ0n) is 11.9. The average Bonchev–Trinajstić information content (AvgIpc) is 2.49. The van der Waals surface area contributed by atoms with Crippen LogP contribution in [0.2, 0.25) is 0 Å². The molecule has 0 aliphatic heterocycles. The number of rotatable bonds is 9. The molecule has 21 heavy (non-hydrogen) atoms. The molecule has 0 saturated heterocycles. The zero-order chi connectivity index (χ0) is 15.7. The van der Waals surface area contributed by atoms with Crippen LogP contribution < -0.4 is 5.32 Å². The van der Waals surface area contributed by atoms with Gasteiger partial charge in [-0.15, -0.1) is 0 Å². The molecule has 0 aromatic heterocycles. The molecule has 1 atom stereocenters. The Kier molecular flexibility index (Phi) is 8.00. The molecular weight excluding hydrogens is 306 g/mol. The van der Waals surface area contributed by atoms with Gasteiger partial charge >= 0.3 is 5.97 Å². The number of Topliss-reactive ketones (excluding diaryl/α,β-unsaturated/α-hetero) is 1. The minimum atomic E-state index is -0.916. The van der Waals surface area contributed by atoms with Crippen molar-refractivity contribution in [2.75, 3.05) is 12.0 Å². The standard InChI is InChI=1S/C15H19NO3S2/c1-21-10-9-12(15(18)19)16-14(20)8-7-13(17)11-5-3-2-4-6-11/h2-6,12H,7-10H2,1H3,(H,16,20)(H,18,19)/t12-/m0/s1. The quantitative estimate of drug-likeness (QED) is 0.537. The van der Waals surface area contributed by atoms with Crippen molar-refractivity contribution < 1.29 is 14.7 Å². The normalized spacial score (nSPS) is 11.7. The van der Waals surface area contributed by atoms with Crippen LogP contribution in [0.15, 0.2) is 30.3 Å². The third-order valence-corrected chi connectivity index (χ3v) is 3.88. The maximum absolute atomic E-state index is 11.9. The van der Waals surface area contributed by atoms with Crippen LogP contribution in [0.4, 0.5) is 0 Å². The van der Waals surface area contributed by atoms with Crippen LogP contribution in [0, 0.1) is 0 Å². The lowest BCUT2D eigenvalue weighted by atomic mass is 10.1. The molecule has 4 nitrogen and oxygen atoms in total. The van der Waals surface area contributed by atoms with Gasteiger partial charge in [0.2, 0.25) is 0 Å². The van der Waals surface area contributed by atoms with Crippen molar-refractivity contribution in [3.05, 3.63) is 35.9 Å². The molecule has 1 aromatic carbocycles. The van der Waals surface area contributed by atoms with Crippen LogP contribution in [0.1, 0.15) is 29.6 Å². The second kappa shape index (κ2) is 9.52. The van der Waals surface area contributed by atoms with Gasteiger partial charge < -0.3 is 10.4 Å². The summed E-state index contributed by atoms with van der Waals surface area (Å²) in [6, 6.07) is 8.32. The molecule has 0 bridgehead atoms. The van der Waals surface area contributed by atoms with E-state index >= 15 is 0 Å². The zero-order valence-corrected chi connectivity index (χ0v) is 13.5. The summed E-state index contributed by atoms with van der Waals surface area (Å²) >= 11 is 6.72. The summed E-state index contributed by atoms with van der Waals surface area (Å²) < 4.78 is 0. The largest absolute Gasteiger partial charge is 0.480 e. The predicted octanol–water partition coefficient (Wildman–Crippen LogP) is 2.77. The molecule has 1 aromatic rings. The average molecular weight is 325 g/mol. The lowest BCUT2D eigenvalue weighted by Crippen LogP contribution is -2.40. The number of benzene rings is 1. The molecule has 2 N–H and O–H groups in total. The summed E-state index contributed by atoms with van der Waals surface area (Å²) in [4.78, 5) is 23.5. The van der Waals surface area contributed by atoms with E-state index < -0.39 is 12.0 Å². The highest BCUT2D eigenvalue weighted by Gasteiger charge is 2.18. The molecule has 0 amide bonds. The van der Waals surface area contributed by atoms with Gasteiger partial charge in [-0.25, -0.2) is 4.79 Å². The fourth-order valence-corrected chi connectivity index (χ4v) is 2.47. The lowest BCUT2D eigenvalue weighted by molar-refractivity contribution is -0.139. The molecule has 0 spiro atoms. The molecule has 0 fully saturated rings. The molecule has 0 radical (unpaired) electrons. The van der Waals surface area contributed by atoms with Crippen LogP contribution >= 0.6 is 24.0 Å². The van der Waals surface area contributed by atoms with Gasteiger partial charge in [0, 0.05) is 18.4 Å². The molecule has 0 saturated carbocycles. The van der Waals surface area contributed by atoms with Crippen molar-refractivity contribution in [2.45, 2.75) is 25.3 Å². The number of carboxylic acid groups (broad SMARTS) is 1. The first-order valence-corrected chi connectivity index (χ1v) is 8.44. The molecule has 0 aliphatic carbocycles. The minimum Gasteiger partial charge on any atom is -0.480 e. The van der Waals surface area contributed by atoms with E-state index in [4.69, 9.17) is 17.3 Å². The maximum Gasteiger partial charge on any atom is 0.326 e. The summed E-state index contributed by atoms with van der Waals surface area (Å²) in [5, 5.41) is 11.9. The van der Waals surface area contributed by atoms with E-state index in [2.05, 4.69) is 5.32 Å². The Bertz CT molecular complexity index is 491. The van der Waals surface area contributed by atoms with E-state index in [1.54, 1.807) is 23.9 Å². The van der Waals surface area contributed by atoms with E-state index in [0.29, 0.717) is 23.4 Å². The Labute approximate surface area is 134 Å². The van der Waals surface area contributed by atoms with Gasteiger partial charge in [0.25, 0.3) is 0 Å². The van der Waals surface area contributed by atoms with Gasteiger partial charge in [-0.3, -0.25) is 4.79 Å². The highest BCUT2D eigenvalue weighted by Crippen LogP contribution is 2.07. The first-order valence-electron chi connectivity index (χ1n) is 6.64. The third-order valence-electron chi connectivity index (χ3n) is 2.92. The number of hydrogen-bond acceptors (Lipinski definition) is 4. The number of carbonyl (C=O) groups is 2. The number of nitrogens with one attached hydrogen (secondary N) is 1. The number of thiocarbonyl (C=S) groups is 1. The molecule has 0 unspecified atom stereocenters. The number of hydrogen-bond donors (Lipinski definition) is 2. The Balaban J connectivity index is 2.42. The Morgan fingerprint density at radius 3 is 2.52 bits per heavy atom. The van der Waals surface area contributed by atoms with Gasteiger partial charge in [0.15, 0.2) is 5.78 Å². The summed E-state index contributed by atoms with van der Waals surface area (Å²) in [5.41, 5.74) is 0.650. The van der Waals surface area contributed by atoms with Crippen LogP contribution in [0.5, 0.6) is 0 Å². The molecule has 1 rings (SSSR count). The summed E-state index contributed by atoms with van der Waals surface area (Å²) in [5.74, 6) is -0.160. The van der Waals surface area contributed by atoms with Gasteiger partial charge in [-0.2, -0.15) is 11.8 Å². The SMILES string of the molecule is CSCC[C@H](NC(=S)CCC(=O)c1ccccc1)C(=O)O. The van der Waals surface area contributed by atoms with E-state index in [1.807, 2.05) is 24.5 Å². The van der Waals surface area contributed by atoms with Gasteiger partial charge in [-0.1, -0.05) is 42.5 Å². The Morgan fingerprint density at radius 1 is 1.29 bits per heavy atom. The number of carboxylic acids is 1. The molecular formula is C15H19NO3S2. The Hall–Kier alpha value is -1.40. The lowest BCUT2D eigenvalue weighted by Gasteiger charge is -2.15. The monoisotopic (exact) mass is 325 g/mol. The van der Waals surface area contributed by atoms with Gasteiger partial charge in [0.1, 0.15) is 6.04 Å². The summed E-state index contributed by atoms with van der Waals surface area (Å²) in [6.07, 6.45) is 3.08. The third kappa shape index (κ3) is 6.73. The first kappa shape index (κ1) is 17.7. The van der Waals surface area contributed by atoms with Crippen molar-refractivity contribution in [2.24, 2.45) is 0 Å². The highest BCUT2D eigenvalue weighted by molar-refractivity contribution is 7.98. The van der Waals surface area contributed by atoms with E-state index in [9.17, 15) is 9.59 Å². The molecule has 6 heteroatoms. The van der Waals surface area contributed by atoms with Crippen molar-refractivity contribution in [1.82, 2.24) is 5.32 Å². The van der Waals surface area contributed by atoms with E-state index in [1.165, 1.54) is 0 Å². The fraction of sp³-hybridized carbons (Fsp3) is 0.400. The number of aliphatic carboxylic acids is 1. The van der Waals surface area contributed by atoms with Crippen molar-refractivity contribution in [3.63, 3.8) is 0 Å². The van der Waals surface area contributed by atoms with Crippen LogP contribution in [-0.4, -0.2) is 39.9 Å². The Morgan fingerprint density at radius 2 is 1.95 bits per heavy atom. The minimum absolute atomic E-state index is 0.00994. The van der Waals surface area contributed by atoms with Crippen molar-refractivity contribution >= 4 is 40.7 Å². The van der Waals surface area contributed by atoms with Crippen LogP contribution in [0.25, 0.3) is 0 Å². The van der Waals surface area contributed by atoms with Crippen molar-refractivity contribution in [1.29, 1.82) is 0 Å². The smallest absolute Gasteiger partial charge is 0.326 e. The topological polar surface area (TPSA) is 66.4 Å². The molecule has 0 aliphatic rings. The van der Waals surface area contributed by atoms with Crippen molar-refractivity contribution in [3.8, 4) is 0 Å². The summed E-state index contributed by atoms with van der Waals surface area (Å²) in [7, 11) is 0. The first-order chi connectivity index (χ1) is 10.0.